The number of benzene rings is 2. The van der Waals surface area contributed by atoms with Crippen LogP contribution in [0.25, 0.3) is 0 Å². The molecule has 2 N–H and O–H groups in total. The fraction of sp³-hybridized carbons (Fsp3) is 0.333. The number of hydrogen-bond acceptors (Lipinski definition) is 3. The number of amides is 2. The van der Waals surface area contributed by atoms with Gasteiger partial charge in [0.05, 0.1) is 6.42 Å². The van der Waals surface area contributed by atoms with E-state index in [9.17, 15) is 9.59 Å². The second kappa shape index (κ2) is 9.30. The predicted octanol–water partition coefficient (Wildman–Crippen LogP) is 3.71. The van der Waals surface area contributed by atoms with Crippen molar-refractivity contribution in [3.05, 3.63) is 64.1 Å². The lowest BCUT2D eigenvalue weighted by molar-refractivity contribution is -0.135. The van der Waals surface area contributed by atoms with E-state index in [1.165, 1.54) is 0 Å². The van der Waals surface area contributed by atoms with Crippen LogP contribution in [0.3, 0.4) is 0 Å². The number of nitrogens with two attached hydrogens (primary N) is 1. The summed E-state index contributed by atoms with van der Waals surface area (Å²) in [5.41, 5.74) is 6.29. The van der Waals surface area contributed by atoms with E-state index in [-0.39, 0.29) is 30.8 Å². The number of primary amides is 1. The maximum Gasteiger partial charge on any atom is 0.227 e. The van der Waals surface area contributed by atoms with E-state index in [0.29, 0.717) is 35.3 Å². The molecular weight excluding hydrogens is 399 g/mol. The molecule has 1 fully saturated rings. The van der Waals surface area contributed by atoms with Crippen LogP contribution in [0.2, 0.25) is 10.0 Å². The molecule has 5 nitrogen and oxygen atoms in total. The van der Waals surface area contributed by atoms with Gasteiger partial charge >= 0.3 is 0 Å². The summed E-state index contributed by atoms with van der Waals surface area (Å²) in [6, 6.07) is 14.4. The zero-order valence-corrected chi connectivity index (χ0v) is 16.8. The summed E-state index contributed by atoms with van der Waals surface area (Å²) >= 11 is 11.9. The van der Waals surface area contributed by atoms with Gasteiger partial charge in [0, 0.05) is 41.9 Å². The molecule has 0 saturated carbocycles. The van der Waals surface area contributed by atoms with Crippen molar-refractivity contribution >= 4 is 35.0 Å². The molecule has 2 aromatic rings. The van der Waals surface area contributed by atoms with E-state index in [1.807, 2.05) is 12.1 Å². The first-order valence-corrected chi connectivity index (χ1v) is 9.89. The Bertz CT molecular complexity index is 842. The molecule has 0 unspecified atom stereocenters. The fourth-order valence-corrected chi connectivity index (χ4v) is 3.81. The van der Waals surface area contributed by atoms with Crippen molar-refractivity contribution in [3.8, 4) is 5.75 Å². The summed E-state index contributed by atoms with van der Waals surface area (Å²) in [6.07, 6.45) is 0.872. The number of rotatable bonds is 6. The lowest BCUT2D eigenvalue weighted by Crippen LogP contribution is -2.49. The summed E-state index contributed by atoms with van der Waals surface area (Å²) in [6.45, 7) is 0.994. The van der Waals surface area contributed by atoms with Gasteiger partial charge in [0.2, 0.25) is 11.8 Å². The Morgan fingerprint density at radius 1 is 1.11 bits per heavy atom. The molecule has 0 aliphatic carbocycles. The molecule has 1 aliphatic heterocycles. The Kier molecular flexibility index (Phi) is 6.81. The number of carbonyl (C=O) groups is 2. The minimum absolute atomic E-state index is 0.00156. The lowest BCUT2D eigenvalue weighted by atomic mass is 9.90. The third kappa shape index (κ3) is 5.63. The highest BCUT2D eigenvalue weighted by Crippen LogP contribution is 2.27. The predicted molar refractivity (Wildman–Crippen MR) is 110 cm³/mol. The van der Waals surface area contributed by atoms with Crippen LogP contribution in [-0.4, -0.2) is 35.9 Å². The molecule has 3 rings (SSSR count). The topological polar surface area (TPSA) is 72.6 Å². The SMILES string of the molecule is NC(=O)C[C@H]1CN(C(=O)Cc2cccc(Cl)c2)CC[C@@H]1Oc1ccc(Cl)cc1. The van der Waals surface area contributed by atoms with Crippen molar-refractivity contribution < 1.29 is 14.3 Å². The molecule has 1 aliphatic rings. The fourth-order valence-electron chi connectivity index (χ4n) is 3.47. The van der Waals surface area contributed by atoms with Crippen LogP contribution < -0.4 is 10.5 Å². The first kappa shape index (κ1) is 20.5. The van der Waals surface area contributed by atoms with Gasteiger partial charge in [-0.05, 0) is 42.0 Å². The maximum absolute atomic E-state index is 12.7. The molecule has 0 spiro atoms. The van der Waals surface area contributed by atoms with Gasteiger partial charge in [0.25, 0.3) is 0 Å². The lowest BCUT2D eigenvalue weighted by Gasteiger charge is -2.38. The van der Waals surface area contributed by atoms with Gasteiger partial charge in [-0.1, -0.05) is 35.3 Å². The highest BCUT2D eigenvalue weighted by atomic mass is 35.5. The molecule has 148 valence electrons. The van der Waals surface area contributed by atoms with Crippen LogP contribution in [0.15, 0.2) is 48.5 Å². The monoisotopic (exact) mass is 420 g/mol. The molecule has 0 bridgehead atoms. The number of halogens is 2. The van der Waals surface area contributed by atoms with Crippen molar-refractivity contribution in [2.24, 2.45) is 11.7 Å². The van der Waals surface area contributed by atoms with Gasteiger partial charge in [-0.2, -0.15) is 0 Å². The Morgan fingerprint density at radius 3 is 2.54 bits per heavy atom. The normalized spacial score (nSPS) is 19.3. The summed E-state index contributed by atoms with van der Waals surface area (Å²) in [4.78, 5) is 26.0. The van der Waals surface area contributed by atoms with Gasteiger partial charge < -0.3 is 15.4 Å². The summed E-state index contributed by atoms with van der Waals surface area (Å²) in [5, 5.41) is 1.23. The standard InChI is InChI=1S/C21H22Cl2N2O3/c22-16-4-6-18(7-5-16)28-19-8-9-25(13-15(19)12-20(24)26)21(27)11-14-2-1-3-17(23)10-14/h1-7,10,15,19H,8-9,11-13H2,(H2,24,26)/t15-,19-/m0/s1. The molecule has 0 aromatic heterocycles. The Balaban J connectivity index is 1.66. The van der Waals surface area contributed by atoms with Crippen LogP contribution in [0.4, 0.5) is 0 Å². The number of carbonyl (C=O) groups excluding carboxylic acids is 2. The van der Waals surface area contributed by atoms with Gasteiger partial charge in [0.15, 0.2) is 0 Å². The second-order valence-electron chi connectivity index (χ2n) is 6.98. The first-order valence-electron chi connectivity index (χ1n) is 9.13. The third-order valence-electron chi connectivity index (χ3n) is 4.83. The summed E-state index contributed by atoms with van der Waals surface area (Å²) < 4.78 is 6.06. The van der Waals surface area contributed by atoms with E-state index < -0.39 is 5.91 Å². The molecule has 2 amide bonds. The van der Waals surface area contributed by atoms with E-state index in [0.717, 1.165) is 5.56 Å². The molecule has 1 heterocycles. The molecular formula is C21H22Cl2N2O3. The van der Waals surface area contributed by atoms with Crippen LogP contribution in [0.5, 0.6) is 5.75 Å². The van der Waals surface area contributed by atoms with Crippen LogP contribution in [-0.2, 0) is 16.0 Å². The van der Waals surface area contributed by atoms with Gasteiger partial charge in [0.1, 0.15) is 11.9 Å². The molecule has 2 atom stereocenters. The van der Waals surface area contributed by atoms with Crippen molar-refractivity contribution in [1.29, 1.82) is 0 Å². The largest absolute Gasteiger partial charge is 0.490 e. The molecule has 1 saturated heterocycles. The quantitative estimate of drug-likeness (QED) is 0.773. The number of ether oxygens (including phenoxy) is 1. The average Bonchev–Trinajstić information content (AvgIpc) is 2.64. The molecule has 7 heteroatoms. The van der Waals surface area contributed by atoms with Crippen LogP contribution >= 0.6 is 23.2 Å². The van der Waals surface area contributed by atoms with Gasteiger partial charge in [-0.15, -0.1) is 0 Å². The zero-order valence-electron chi connectivity index (χ0n) is 15.3. The average molecular weight is 421 g/mol. The van der Waals surface area contributed by atoms with Crippen LogP contribution in [0, 0.1) is 5.92 Å². The number of nitrogens with zero attached hydrogens (tertiary/aromatic N) is 1. The van der Waals surface area contributed by atoms with Crippen molar-refractivity contribution in [2.75, 3.05) is 13.1 Å². The molecule has 2 aromatic carbocycles. The van der Waals surface area contributed by atoms with Crippen molar-refractivity contribution in [3.63, 3.8) is 0 Å². The van der Waals surface area contributed by atoms with Gasteiger partial charge in [-0.25, -0.2) is 0 Å². The molecule has 0 radical (unpaired) electrons. The number of piperidine rings is 1. The van der Waals surface area contributed by atoms with Crippen molar-refractivity contribution in [1.82, 2.24) is 4.90 Å². The van der Waals surface area contributed by atoms with Crippen molar-refractivity contribution in [2.45, 2.75) is 25.4 Å². The van der Waals surface area contributed by atoms with E-state index >= 15 is 0 Å². The van der Waals surface area contributed by atoms with E-state index in [4.69, 9.17) is 33.7 Å². The minimum atomic E-state index is -0.404. The highest BCUT2D eigenvalue weighted by molar-refractivity contribution is 6.30. The Labute approximate surface area is 174 Å². The Morgan fingerprint density at radius 2 is 1.86 bits per heavy atom. The summed E-state index contributed by atoms with van der Waals surface area (Å²) in [7, 11) is 0. The first-order chi connectivity index (χ1) is 13.4. The zero-order chi connectivity index (χ0) is 20.1. The summed E-state index contributed by atoms with van der Waals surface area (Å²) in [5.74, 6) is 0.119. The number of hydrogen-bond donors (Lipinski definition) is 1. The van der Waals surface area contributed by atoms with Gasteiger partial charge in [-0.3, -0.25) is 9.59 Å². The Hall–Kier alpha value is -2.24. The highest BCUT2D eigenvalue weighted by Gasteiger charge is 2.33. The minimum Gasteiger partial charge on any atom is -0.490 e. The maximum atomic E-state index is 12.7. The second-order valence-corrected chi connectivity index (χ2v) is 7.85. The van der Waals surface area contributed by atoms with Crippen LogP contribution in [0.1, 0.15) is 18.4 Å². The number of likely N-dealkylation sites (tertiary alicyclic amines) is 1. The molecule has 28 heavy (non-hydrogen) atoms. The van der Waals surface area contributed by atoms with E-state index in [2.05, 4.69) is 0 Å². The third-order valence-corrected chi connectivity index (χ3v) is 5.31. The van der Waals surface area contributed by atoms with E-state index in [1.54, 1.807) is 41.3 Å². The smallest absolute Gasteiger partial charge is 0.227 e.